The first kappa shape index (κ1) is 18.4. The highest BCUT2D eigenvalue weighted by atomic mass is 35.5. The maximum atomic E-state index is 12.2. The summed E-state index contributed by atoms with van der Waals surface area (Å²) < 4.78 is 16.7. The van der Waals surface area contributed by atoms with E-state index in [1.807, 2.05) is 24.3 Å². The number of carbonyl (C=O) groups excluding carboxylic acids is 1. The molecular weight excluding hydrogens is 354 g/mol. The normalized spacial score (nSPS) is 13.2. The van der Waals surface area contributed by atoms with Gasteiger partial charge in [-0.3, -0.25) is 4.79 Å². The lowest BCUT2D eigenvalue weighted by molar-refractivity contribution is -0.118. The molecule has 3 rings (SSSR count). The van der Waals surface area contributed by atoms with Crippen molar-refractivity contribution in [2.45, 2.75) is 26.2 Å². The summed E-state index contributed by atoms with van der Waals surface area (Å²) in [5, 5.41) is 3.14. The van der Waals surface area contributed by atoms with Crippen molar-refractivity contribution in [2.75, 3.05) is 25.1 Å². The minimum atomic E-state index is -0.297. The van der Waals surface area contributed by atoms with Crippen LogP contribution in [0.1, 0.15) is 31.7 Å². The molecule has 0 aliphatic carbocycles. The molecule has 1 heterocycles. The third kappa shape index (κ3) is 4.61. The van der Waals surface area contributed by atoms with Crippen molar-refractivity contribution in [2.24, 2.45) is 0 Å². The average molecular weight is 376 g/mol. The first-order valence-electron chi connectivity index (χ1n) is 8.64. The number of nitrogens with one attached hydrogen (secondary N) is 1. The van der Waals surface area contributed by atoms with Gasteiger partial charge in [-0.2, -0.15) is 0 Å². The van der Waals surface area contributed by atoms with E-state index in [1.54, 1.807) is 12.1 Å². The van der Waals surface area contributed by atoms with Gasteiger partial charge in [-0.25, -0.2) is 0 Å². The summed E-state index contributed by atoms with van der Waals surface area (Å²) in [5.41, 5.74) is 1.69. The van der Waals surface area contributed by atoms with Crippen LogP contribution in [0.2, 0.25) is 5.02 Å². The van der Waals surface area contributed by atoms with E-state index in [-0.39, 0.29) is 12.5 Å². The van der Waals surface area contributed by atoms with E-state index in [0.29, 0.717) is 47.1 Å². The summed E-state index contributed by atoms with van der Waals surface area (Å²) in [7, 11) is 0. The van der Waals surface area contributed by atoms with Crippen molar-refractivity contribution in [3.8, 4) is 17.2 Å². The van der Waals surface area contributed by atoms with Crippen molar-refractivity contribution in [3.05, 3.63) is 47.0 Å². The number of halogens is 1. The van der Waals surface area contributed by atoms with Gasteiger partial charge in [0.05, 0.1) is 23.9 Å². The van der Waals surface area contributed by atoms with Gasteiger partial charge in [0.25, 0.3) is 5.91 Å². The zero-order valence-corrected chi connectivity index (χ0v) is 15.6. The van der Waals surface area contributed by atoms with Gasteiger partial charge in [0.1, 0.15) is 5.75 Å². The summed E-state index contributed by atoms with van der Waals surface area (Å²) in [6.07, 6.45) is 0.803. The highest BCUT2D eigenvalue weighted by molar-refractivity contribution is 6.34. The molecule has 0 spiro atoms. The third-order valence-corrected chi connectivity index (χ3v) is 4.34. The van der Waals surface area contributed by atoms with Crippen molar-refractivity contribution in [1.29, 1.82) is 0 Å². The lowest BCUT2D eigenvalue weighted by Crippen LogP contribution is -2.20. The molecule has 0 fully saturated rings. The minimum absolute atomic E-state index is 0.105. The quantitative estimate of drug-likeness (QED) is 0.826. The number of benzene rings is 2. The van der Waals surface area contributed by atoms with Crippen molar-refractivity contribution in [1.82, 2.24) is 0 Å². The van der Waals surface area contributed by atoms with E-state index in [0.717, 1.165) is 6.42 Å². The highest BCUT2D eigenvalue weighted by Crippen LogP contribution is 2.37. The van der Waals surface area contributed by atoms with Crippen molar-refractivity contribution >= 4 is 23.2 Å². The van der Waals surface area contributed by atoms with Gasteiger partial charge in [-0.05, 0) is 23.6 Å². The third-order valence-electron chi connectivity index (χ3n) is 4.03. The number of ether oxygens (including phenoxy) is 3. The van der Waals surface area contributed by atoms with Crippen LogP contribution >= 0.6 is 11.6 Å². The Balaban J connectivity index is 1.60. The summed E-state index contributed by atoms with van der Waals surface area (Å²) in [5.74, 6) is 1.97. The van der Waals surface area contributed by atoms with Gasteiger partial charge in [0.2, 0.25) is 0 Å². The molecule has 2 aromatic rings. The SMILES string of the molecule is CC(C)c1ccc(OCC(=O)Nc2cc3c(cc2Cl)OCCCO3)cc1. The number of carbonyl (C=O) groups is 1. The number of hydrogen-bond acceptors (Lipinski definition) is 4. The van der Waals surface area contributed by atoms with E-state index in [1.165, 1.54) is 5.56 Å². The maximum absolute atomic E-state index is 12.2. The predicted molar refractivity (Wildman–Crippen MR) is 102 cm³/mol. The fourth-order valence-corrected chi connectivity index (χ4v) is 2.76. The van der Waals surface area contributed by atoms with Gasteiger partial charge in [0, 0.05) is 18.6 Å². The van der Waals surface area contributed by atoms with Crippen LogP contribution in [-0.4, -0.2) is 25.7 Å². The fraction of sp³-hybridized carbons (Fsp3) is 0.350. The van der Waals surface area contributed by atoms with E-state index < -0.39 is 0 Å². The molecule has 1 amide bonds. The maximum Gasteiger partial charge on any atom is 0.262 e. The molecule has 1 aliphatic heterocycles. The molecule has 1 aliphatic rings. The molecule has 0 aromatic heterocycles. The van der Waals surface area contributed by atoms with Crippen LogP contribution in [0.5, 0.6) is 17.2 Å². The average Bonchev–Trinajstić information content (AvgIpc) is 2.85. The summed E-state index contributed by atoms with van der Waals surface area (Å²) >= 11 is 6.23. The number of fused-ring (bicyclic) bond motifs is 1. The van der Waals surface area contributed by atoms with Gasteiger partial charge < -0.3 is 19.5 Å². The van der Waals surface area contributed by atoms with E-state index in [9.17, 15) is 4.79 Å². The summed E-state index contributed by atoms with van der Waals surface area (Å²) in [6, 6.07) is 11.1. The second kappa shape index (κ2) is 8.32. The van der Waals surface area contributed by atoms with Gasteiger partial charge in [-0.15, -0.1) is 0 Å². The number of hydrogen-bond donors (Lipinski definition) is 1. The standard InChI is InChI=1S/C20H22ClNO4/c1-13(2)14-4-6-15(7-5-14)26-12-20(23)22-17-11-19-18(10-16(17)21)24-8-3-9-25-19/h4-7,10-11,13H,3,8-9,12H2,1-2H3,(H,22,23). The molecule has 5 nitrogen and oxygen atoms in total. The monoisotopic (exact) mass is 375 g/mol. The van der Waals surface area contributed by atoms with Crippen molar-refractivity contribution < 1.29 is 19.0 Å². The molecule has 2 aromatic carbocycles. The number of rotatable bonds is 5. The zero-order valence-electron chi connectivity index (χ0n) is 14.9. The predicted octanol–water partition coefficient (Wildman–Crippen LogP) is 4.64. The van der Waals surface area contributed by atoms with Crippen LogP contribution in [0.4, 0.5) is 5.69 Å². The molecule has 138 valence electrons. The largest absolute Gasteiger partial charge is 0.490 e. The second-order valence-electron chi connectivity index (χ2n) is 6.39. The van der Waals surface area contributed by atoms with Gasteiger partial charge in [-0.1, -0.05) is 37.6 Å². The Kier molecular flexibility index (Phi) is 5.89. The minimum Gasteiger partial charge on any atom is -0.490 e. The molecule has 0 atom stereocenters. The molecular formula is C20H22ClNO4. The fourth-order valence-electron chi connectivity index (χ4n) is 2.56. The van der Waals surface area contributed by atoms with Crippen LogP contribution in [0.3, 0.4) is 0 Å². The Morgan fingerprint density at radius 1 is 1.15 bits per heavy atom. The second-order valence-corrected chi connectivity index (χ2v) is 6.80. The summed E-state index contributed by atoms with van der Waals surface area (Å²) in [6.45, 7) is 5.30. The molecule has 6 heteroatoms. The van der Waals surface area contributed by atoms with Crippen molar-refractivity contribution in [3.63, 3.8) is 0 Å². The lowest BCUT2D eigenvalue weighted by atomic mass is 10.0. The Hall–Kier alpha value is -2.40. The Morgan fingerprint density at radius 3 is 2.46 bits per heavy atom. The molecule has 26 heavy (non-hydrogen) atoms. The van der Waals surface area contributed by atoms with Crippen LogP contribution in [-0.2, 0) is 4.79 Å². The first-order chi connectivity index (χ1) is 12.5. The van der Waals surface area contributed by atoms with E-state index >= 15 is 0 Å². The lowest BCUT2D eigenvalue weighted by Gasteiger charge is -2.13. The molecule has 0 bridgehead atoms. The molecule has 0 unspecified atom stereocenters. The Bertz CT molecular complexity index is 774. The van der Waals surface area contributed by atoms with Crippen LogP contribution in [0.15, 0.2) is 36.4 Å². The first-order valence-corrected chi connectivity index (χ1v) is 9.02. The van der Waals surface area contributed by atoms with Gasteiger partial charge in [0.15, 0.2) is 18.1 Å². The molecule has 0 saturated heterocycles. The van der Waals surface area contributed by atoms with E-state index in [4.69, 9.17) is 25.8 Å². The van der Waals surface area contributed by atoms with E-state index in [2.05, 4.69) is 19.2 Å². The molecule has 1 N–H and O–H groups in total. The van der Waals surface area contributed by atoms with Gasteiger partial charge >= 0.3 is 0 Å². The number of anilines is 1. The molecule has 0 saturated carbocycles. The van der Waals surface area contributed by atoms with Crippen LogP contribution in [0.25, 0.3) is 0 Å². The molecule has 0 radical (unpaired) electrons. The smallest absolute Gasteiger partial charge is 0.262 e. The Labute approximate surface area is 158 Å². The Morgan fingerprint density at radius 2 is 1.81 bits per heavy atom. The van der Waals surface area contributed by atoms with Crippen LogP contribution in [0, 0.1) is 0 Å². The topological polar surface area (TPSA) is 56.8 Å². The highest BCUT2D eigenvalue weighted by Gasteiger charge is 2.15. The number of amides is 1. The summed E-state index contributed by atoms with van der Waals surface area (Å²) in [4.78, 5) is 12.2. The zero-order chi connectivity index (χ0) is 18.5. The van der Waals surface area contributed by atoms with Crippen LogP contribution < -0.4 is 19.5 Å².